The van der Waals surface area contributed by atoms with Gasteiger partial charge in [-0.25, -0.2) is 15.0 Å². The van der Waals surface area contributed by atoms with Gasteiger partial charge in [-0.2, -0.15) is 0 Å². The molecular weight excluding hydrogens is 623 g/mol. The van der Waals surface area contributed by atoms with Gasteiger partial charge in [0.05, 0.1) is 5.41 Å². The molecule has 0 amide bonds. The van der Waals surface area contributed by atoms with Gasteiger partial charge in [0.25, 0.3) is 0 Å². The van der Waals surface area contributed by atoms with Gasteiger partial charge in [0.1, 0.15) is 17.2 Å². The second-order valence-corrected chi connectivity index (χ2v) is 13.5. The first-order valence-corrected chi connectivity index (χ1v) is 17.5. The fourth-order valence-corrected chi connectivity index (χ4v) is 8.67. The van der Waals surface area contributed by atoms with E-state index in [1.54, 1.807) is 0 Å². The van der Waals surface area contributed by atoms with E-state index in [9.17, 15) is 0 Å². The lowest BCUT2D eigenvalue weighted by atomic mass is 9.70. The van der Waals surface area contributed by atoms with Crippen molar-refractivity contribution < 1.29 is 4.42 Å². The zero-order chi connectivity index (χ0) is 34.1. The summed E-state index contributed by atoms with van der Waals surface area (Å²) in [5.41, 5.74) is 13.5. The molecule has 2 aliphatic carbocycles. The number of benzene rings is 6. The lowest BCUT2D eigenvalue weighted by molar-refractivity contribution is 0.589. The number of para-hydroxylation sites is 1. The molecule has 4 heteroatoms. The summed E-state index contributed by atoms with van der Waals surface area (Å²) in [6.45, 7) is 4.51. The summed E-state index contributed by atoms with van der Waals surface area (Å²) >= 11 is 0. The molecule has 0 fully saturated rings. The first-order chi connectivity index (χ1) is 25.1. The standard InChI is InChI=1S/C47H33N3O/c1-29(44-48-45(31-17-5-3-6-18-31)50-46(49-44)32-19-7-4-8-20-32)41-36-24-12-16-28-40(36)51-43(41)42-30(2)47(39-27-15-11-23-35(39)42)37-25-13-9-21-33(37)34-22-10-14-26-38(34)47/h3-29H,1-2H3. The van der Waals surface area contributed by atoms with E-state index in [2.05, 4.69) is 129 Å². The average Bonchev–Trinajstić information content (AvgIpc) is 3.81. The minimum Gasteiger partial charge on any atom is -0.456 e. The lowest BCUT2D eigenvalue weighted by Gasteiger charge is -2.31. The lowest BCUT2D eigenvalue weighted by Crippen LogP contribution is -2.26. The third kappa shape index (κ3) is 4.23. The maximum atomic E-state index is 7.03. The molecule has 2 heterocycles. The van der Waals surface area contributed by atoms with Gasteiger partial charge in [-0.15, -0.1) is 0 Å². The summed E-state index contributed by atoms with van der Waals surface area (Å²) < 4.78 is 7.03. The number of furan rings is 1. The Morgan fingerprint density at radius 1 is 0.510 bits per heavy atom. The van der Waals surface area contributed by atoms with E-state index in [0.29, 0.717) is 17.5 Å². The van der Waals surface area contributed by atoms with Gasteiger partial charge in [-0.3, -0.25) is 0 Å². The van der Waals surface area contributed by atoms with Crippen LogP contribution in [0.3, 0.4) is 0 Å². The second kappa shape index (κ2) is 11.3. The summed E-state index contributed by atoms with van der Waals surface area (Å²) in [5, 5.41) is 1.06. The van der Waals surface area contributed by atoms with Gasteiger partial charge in [-0.1, -0.05) is 159 Å². The molecule has 0 bridgehead atoms. The Balaban J connectivity index is 1.25. The first kappa shape index (κ1) is 29.5. The molecule has 51 heavy (non-hydrogen) atoms. The SMILES string of the molecule is CC1=C(c2oc3ccccc3c2C(C)c2nc(-c3ccccc3)nc(-c3ccccc3)n2)c2ccccc2C12c1ccccc1-c1ccccc12. The van der Waals surface area contributed by atoms with Gasteiger partial charge in [0, 0.05) is 33.6 Å². The Bertz CT molecular complexity index is 2570. The predicted octanol–water partition coefficient (Wildman–Crippen LogP) is 11.3. The van der Waals surface area contributed by atoms with E-state index in [4.69, 9.17) is 19.4 Å². The Morgan fingerprint density at radius 3 is 1.57 bits per heavy atom. The molecule has 10 rings (SSSR count). The maximum Gasteiger partial charge on any atom is 0.163 e. The number of allylic oxidation sites excluding steroid dienone is 1. The zero-order valence-electron chi connectivity index (χ0n) is 28.3. The van der Waals surface area contributed by atoms with Gasteiger partial charge < -0.3 is 4.42 Å². The number of fused-ring (bicyclic) bond motifs is 8. The van der Waals surface area contributed by atoms with Crippen LogP contribution in [0.1, 0.15) is 59.2 Å². The van der Waals surface area contributed by atoms with Crippen LogP contribution in [-0.4, -0.2) is 15.0 Å². The minimum atomic E-state index is -0.438. The number of rotatable bonds is 5. The third-order valence-corrected chi connectivity index (χ3v) is 10.9. The molecule has 0 aliphatic heterocycles. The van der Waals surface area contributed by atoms with Crippen molar-refractivity contribution in [3.05, 3.63) is 203 Å². The minimum absolute atomic E-state index is 0.219. The van der Waals surface area contributed by atoms with Crippen LogP contribution in [0, 0.1) is 0 Å². The van der Waals surface area contributed by atoms with Crippen LogP contribution in [0.2, 0.25) is 0 Å². The Hall–Kier alpha value is -6.39. The molecule has 2 aromatic heterocycles. The molecule has 8 aromatic rings. The molecule has 0 saturated carbocycles. The predicted molar refractivity (Wildman–Crippen MR) is 204 cm³/mol. The van der Waals surface area contributed by atoms with Gasteiger partial charge in [-0.05, 0) is 51.9 Å². The molecule has 242 valence electrons. The highest BCUT2D eigenvalue weighted by Crippen LogP contribution is 2.63. The molecule has 6 aromatic carbocycles. The van der Waals surface area contributed by atoms with Gasteiger partial charge >= 0.3 is 0 Å². The average molecular weight is 656 g/mol. The molecule has 0 saturated heterocycles. The maximum absolute atomic E-state index is 7.03. The van der Waals surface area contributed by atoms with Crippen LogP contribution < -0.4 is 0 Å². The highest BCUT2D eigenvalue weighted by Gasteiger charge is 2.52. The van der Waals surface area contributed by atoms with Crippen molar-refractivity contribution in [2.24, 2.45) is 0 Å². The molecule has 1 spiro atoms. The van der Waals surface area contributed by atoms with Crippen molar-refractivity contribution in [3.8, 4) is 33.9 Å². The molecule has 4 nitrogen and oxygen atoms in total. The molecule has 0 N–H and O–H groups in total. The van der Waals surface area contributed by atoms with Crippen molar-refractivity contribution in [1.82, 2.24) is 15.0 Å². The summed E-state index contributed by atoms with van der Waals surface area (Å²) in [6, 6.07) is 55.4. The summed E-state index contributed by atoms with van der Waals surface area (Å²) in [4.78, 5) is 15.3. The van der Waals surface area contributed by atoms with E-state index >= 15 is 0 Å². The van der Waals surface area contributed by atoms with Gasteiger partial charge in [0.2, 0.25) is 0 Å². The first-order valence-electron chi connectivity index (χ1n) is 17.5. The Morgan fingerprint density at radius 2 is 0.980 bits per heavy atom. The Kier molecular flexibility index (Phi) is 6.56. The highest BCUT2D eigenvalue weighted by atomic mass is 16.3. The molecule has 0 radical (unpaired) electrons. The highest BCUT2D eigenvalue weighted by molar-refractivity contribution is 6.00. The van der Waals surface area contributed by atoms with Crippen LogP contribution in [0.25, 0.3) is 50.4 Å². The number of hydrogen-bond donors (Lipinski definition) is 0. The van der Waals surface area contributed by atoms with Gasteiger partial charge in [0.15, 0.2) is 11.6 Å². The quantitative estimate of drug-likeness (QED) is 0.185. The van der Waals surface area contributed by atoms with E-state index in [-0.39, 0.29) is 5.92 Å². The van der Waals surface area contributed by atoms with E-state index in [1.165, 1.54) is 39.0 Å². The van der Waals surface area contributed by atoms with Crippen molar-refractivity contribution >= 4 is 16.5 Å². The van der Waals surface area contributed by atoms with Crippen molar-refractivity contribution in [2.75, 3.05) is 0 Å². The van der Waals surface area contributed by atoms with Crippen molar-refractivity contribution in [3.63, 3.8) is 0 Å². The zero-order valence-corrected chi connectivity index (χ0v) is 28.3. The summed E-state index contributed by atoms with van der Waals surface area (Å²) in [7, 11) is 0. The molecular formula is C47H33N3O. The van der Waals surface area contributed by atoms with Crippen LogP contribution in [-0.2, 0) is 5.41 Å². The van der Waals surface area contributed by atoms with Crippen LogP contribution in [0.4, 0.5) is 0 Å². The fourth-order valence-electron chi connectivity index (χ4n) is 8.67. The summed E-state index contributed by atoms with van der Waals surface area (Å²) in [6.07, 6.45) is 0. The van der Waals surface area contributed by atoms with Crippen molar-refractivity contribution in [1.29, 1.82) is 0 Å². The van der Waals surface area contributed by atoms with Crippen LogP contribution >= 0.6 is 0 Å². The fraction of sp³-hybridized carbons (Fsp3) is 0.0851. The Labute approximate surface area is 296 Å². The topological polar surface area (TPSA) is 51.8 Å². The number of nitrogens with zero attached hydrogens (tertiary/aromatic N) is 3. The molecule has 1 atom stereocenters. The van der Waals surface area contributed by atoms with E-state index < -0.39 is 5.41 Å². The van der Waals surface area contributed by atoms with Crippen LogP contribution in [0.5, 0.6) is 0 Å². The van der Waals surface area contributed by atoms with Crippen molar-refractivity contribution in [2.45, 2.75) is 25.2 Å². The van der Waals surface area contributed by atoms with E-state index in [1.807, 2.05) is 42.5 Å². The van der Waals surface area contributed by atoms with E-state index in [0.717, 1.165) is 39.0 Å². The largest absolute Gasteiger partial charge is 0.456 e. The molecule has 1 unspecified atom stereocenters. The second-order valence-electron chi connectivity index (χ2n) is 13.5. The van der Waals surface area contributed by atoms with Crippen LogP contribution in [0.15, 0.2) is 168 Å². The molecule has 2 aliphatic rings. The monoisotopic (exact) mass is 655 g/mol. The number of aromatic nitrogens is 3. The smallest absolute Gasteiger partial charge is 0.163 e. The third-order valence-electron chi connectivity index (χ3n) is 10.9. The normalized spacial score (nSPS) is 14.5. The number of hydrogen-bond acceptors (Lipinski definition) is 4. The summed E-state index contributed by atoms with van der Waals surface area (Å²) in [5.74, 6) is 2.66.